The molecule has 3 aromatic rings. The highest BCUT2D eigenvalue weighted by molar-refractivity contribution is 8.00. The minimum atomic E-state index is -0.411. The van der Waals surface area contributed by atoms with Crippen LogP contribution in [0.3, 0.4) is 0 Å². The van der Waals surface area contributed by atoms with Gasteiger partial charge in [0.2, 0.25) is 11.1 Å². The highest BCUT2D eigenvalue weighted by atomic mass is 32.2. The average Bonchev–Trinajstić information content (AvgIpc) is 3.16. The first-order valence-corrected chi connectivity index (χ1v) is 10.9. The number of benzene rings is 2. The van der Waals surface area contributed by atoms with Gasteiger partial charge in [-0.1, -0.05) is 48.5 Å². The smallest absolute Gasteiger partial charge is 0.240 e. The number of ether oxygens (including phenoxy) is 1. The fraction of sp³-hybridized carbons (Fsp3) is 0.318. The van der Waals surface area contributed by atoms with Crippen LogP contribution in [0.2, 0.25) is 0 Å². The number of aromatic nitrogens is 3. The van der Waals surface area contributed by atoms with Gasteiger partial charge in [0.05, 0.1) is 13.2 Å². The normalized spacial score (nSPS) is 17.7. The molecular weight excluding hydrogens is 398 g/mol. The zero-order valence-corrected chi connectivity index (χ0v) is 18.1. The third kappa shape index (κ3) is 4.14. The highest BCUT2D eigenvalue weighted by Crippen LogP contribution is 2.38. The number of hydrogen-bond donors (Lipinski definition) is 2. The first-order valence-electron chi connectivity index (χ1n) is 9.98. The number of amides is 1. The molecule has 4 rings (SSSR count). The van der Waals surface area contributed by atoms with Gasteiger partial charge in [0.1, 0.15) is 11.0 Å². The van der Waals surface area contributed by atoms with E-state index in [4.69, 9.17) is 4.74 Å². The van der Waals surface area contributed by atoms with Gasteiger partial charge in [-0.15, -0.1) is 10.2 Å². The number of carbonyl (C=O) groups is 1. The van der Waals surface area contributed by atoms with Gasteiger partial charge in [0.25, 0.3) is 0 Å². The lowest BCUT2D eigenvalue weighted by Crippen LogP contribution is -2.41. The predicted molar refractivity (Wildman–Crippen MR) is 119 cm³/mol. The summed E-state index contributed by atoms with van der Waals surface area (Å²) < 4.78 is 7.20. The molecule has 2 heterocycles. The van der Waals surface area contributed by atoms with Gasteiger partial charge in [-0.3, -0.25) is 4.79 Å². The molecule has 0 spiro atoms. The summed E-state index contributed by atoms with van der Waals surface area (Å²) in [5.74, 6) is 1.57. The molecule has 1 aliphatic heterocycles. The molecule has 2 atom stereocenters. The van der Waals surface area contributed by atoms with Gasteiger partial charge in [-0.25, -0.2) is 4.68 Å². The molecule has 0 bridgehead atoms. The van der Waals surface area contributed by atoms with Gasteiger partial charge in [0, 0.05) is 12.1 Å². The molecule has 1 amide bonds. The van der Waals surface area contributed by atoms with E-state index in [0.717, 1.165) is 41.2 Å². The lowest BCUT2D eigenvalue weighted by molar-refractivity contribution is -0.116. The number of methoxy groups -OCH3 is 1. The SMILES string of the molecule is CCCc1nnc2n1N[C@H](c1ccc(OC)cc1)[C@@H](C(=O)Nc1ccc(C)cc1)S2. The lowest BCUT2D eigenvalue weighted by atomic mass is 10.0. The van der Waals surface area contributed by atoms with E-state index in [9.17, 15) is 4.79 Å². The molecule has 2 N–H and O–H groups in total. The zero-order chi connectivity index (χ0) is 21.1. The molecular formula is C22H25N5O2S. The van der Waals surface area contributed by atoms with Crippen LogP contribution >= 0.6 is 11.8 Å². The van der Waals surface area contributed by atoms with E-state index in [1.807, 2.05) is 60.1 Å². The summed E-state index contributed by atoms with van der Waals surface area (Å²) in [7, 11) is 1.64. The van der Waals surface area contributed by atoms with Crippen LogP contribution in [0.25, 0.3) is 0 Å². The Hall–Kier alpha value is -3.00. The monoisotopic (exact) mass is 423 g/mol. The molecule has 1 aliphatic rings. The molecule has 2 aromatic carbocycles. The van der Waals surface area contributed by atoms with Crippen molar-refractivity contribution in [1.29, 1.82) is 0 Å². The fourth-order valence-electron chi connectivity index (χ4n) is 3.40. The quantitative estimate of drug-likeness (QED) is 0.625. The molecule has 156 valence electrons. The Kier molecular flexibility index (Phi) is 5.94. The molecule has 0 radical (unpaired) electrons. The van der Waals surface area contributed by atoms with Gasteiger partial charge >= 0.3 is 0 Å². The summed E-state index contributed by atoms with van der Waals surface area (Å²) in [6, 6.07) is 15.3. The number of thioether (sulfide) groups is 1. The number of carbonyl (C=O) groups excluding carboxylic acids is 1. The largest absolute Gasteiger partial charge is 0.497 e. The summed E-state index contributed by atoms with van der Waals surface area (Å²) in [5.41, 5.74) is 6.40. The minimum Gasteiger partial charge on any atom is -0.497 e. The van der Waals surface area contributed by atoms with Crippen LogP contribution in [0.5, 0.6) is 5.75 Å². The number of aryl methyl sites for hydroxylation is 2. The Morgan fingerprint density at radius 3 is 2.57 bits per heavy atom. The average molecular weight is 424 g/mol. The van der Waals surface area contributed by atoms with Crippen molar-refractivity contribution in [2.75, 3.05) is 17.9 Å². The molecule has 0 fully saturated rings. The standard InChI is InChI=1S/C22H25N5O2S/c1-4-5-18-24-25-22-27(18)26-19(15-8-12-17(29-3)13-9-15)20(30-22)21(28)23-16-10-6-14(2)7-11-16/h6-13,19-20,26H,4-5H2,1-3H3,(H,23,28)/t19-,20+/m1/s1. The lowest BCUT2D eigenvalue weighted by Gasteiger charge is -2.33. The first-order chi connectivity index (χ1) is 14.6. The number of fused-ring (bicyclic) bond motifs is 1. The van der Waals surface area contributed by atoms with E-state index >= 15 is 0 Å². The number of anilines is 1. The molecule has 0 unspecified atom stereocenters. The van der Waals surface area contributed by atoms with Crippen molar-refractivity contribution < 1.29 is 9.53 Å². The predicted octanol–water partition coefficient (Wildman–Crippen LogP) is 3.95. The molecule has 0 saturated carbocycles. The molecule has 7 nitrogen and oxygen atoms in total. The number of nitrogens with one attached hydrogen (secondary N) is 2. The van der Waals surface area contributed by atoms with Crippen LogP contribution in [0, 0.1) is 6.92 Å². The van der Waals surface area contributed by atoms with E-state index < -0.39 is 5.25 Å². The maximum absolute atomic E-state index is 13.2. The van der Waals surface area contributed by atoms with E-state index in [-0.39, 0.29) is 11.9 Å². The maximum atomic E-state index is 13.2. The third-order valence-electron chi connectivity index (χ3n) is 5.03. The second-order valence-electron chi connectivity index (χ2n) is 7.26. The number of hydrogen-bond acceptors (Lipinski definition) is 6. The van der Waals surface area contributed by atoms with Gasteiger partial charge in [0.15, 0.2) is 5.82 Å². The van der Waals surface area contributed by atoms with Crippen molar-refractivity contribution >= 4 is 23.4 Å². The van der Waals surface area contributed by atoms with Crippen molar-refractivity contribution in [2.24, 2.45) is 0 Å². The number of rotatable bonds is 6. The Balaban J connectivity index is 1.65. The topological polar surface area (TPSA) is 81.1 Å². The summed E-state index contributed by atoms with van der Waals surface area (Å²) in [6.45, 7) is 4.13. The van der Waals surface area contributed by atoms with E-state index in [0.29, 0.717) is 5.16 Å². The van der Waals surface area contributed by atoms with E-state index in [2.05, 4.69) is 27.9 Å². The second-order valence-corrected chi connectivity index (χ2v) is 8.37. The van der Waals surface area contributed by atoms with Gasteiger partial charge in [-0.05, 0) is 43.2 Å². The third-order valence-corrected chi connectivity index (χ3v) is 6.24. The second kappa shape index (κ2) is 8.79. The Morgan fingerprint density at radius 2 is 1.90 bits per heavy atom. The minimum absolute atomic E-state index is 0.0801. The zero-order valence-electron chi connectivity index (χ0n) is 17.3. The van der Waals surface area contributed by atoms with E-state index in [1.165, 1.54) is 11.8 Å². The van der Waals surface area contributed by atoms with Crippen molar-refractivity contribution in [3.63, 3.8) is 0 Å². The Morgan fingerprint density at radius 1 is 1.17 bits per heavy atom. The highest BCUT2D eigenvalue weighted by Gasteiger charge is 2.37. The van der Waals surface area contributed by atoms with Crippen LogP contribution in [-0.2, 0) is 11.2 Å². The molecule has 0 saturated heterocycles. The maximum Gasteiger partial charge on any atom is 0.240 e. The molecule has 0 aliphatic carbocycles. The summed E-state index contributed by atoms with van der Waals surface area (Å²) in [5, 5.41) is 11.9. The van der Waals surface area contributed by atoms with Crippen molar-refractivity contribution in [3.05, 3.63) is 65.5 Å². The van der Waals surface area contributed by atoms with Crippen molar-refractivity contribution in [2.45, 2.75) is 43.1 Å². The Bertz CT molecular complexity index is 1020. The van der Waals surface area contributed by atoms with Crippen LogP contribution < -0.4 is 15.5 Å². The molecule has 30 heavy (non-hydrogen) atoms. The first kappa shape index (κ1) is 20.3. The van der Waals surface area contributed by atoms with Crippen LogP contribution in [-0.4, -0.2) is 33.1 Å². The summed E-state index contributed by atoms with van der Waals surface area (Å²) in [4.78, 5) is 13.2. The van der Waals surface area contributed by atoms with Crippen LogP contribution in [0.15, 0.2) is 53.7 Å². The van der Waals surface area contributed by atoms with Crippen molar-refractivity contribution in [1.82, 2.24) is 14.9 Å². The van der Waals surface area contributed by atoms with Crippen LogP contribution in [0.4, 0.5) is 5.69 Å². The summed E-state index contributed by atoms with van der Waals surface area (Å²) in [6.07, 6.45) is 1.78. The van der Waals surface area contributed by atoms with E-state index in [1.54, 1.807) is 7.11 Å². The number of nitrogens with zero attached hydrogens (tertiary/aromatic N) is 3. The molecule has 8 heteroatoms. The van der Waals surface area contributed by atoms with Gasteiger partial charge < -0.3 is 15.5 Å². The summed E-state index contributed by atoms with van der Waals surface area (Å²) >= 11 is 1.43. The fourth-order valence-corrected chi connectivity index (χ4v) is 4.49. The van der Waals surface area contributed by atoms with Crippen molar-refractivity contribution in [3.8, 4) is 5.75 Å². The van der Waals surface area contributed by atoms with Gasteiger partial charge in [-0.2, -0.15) is 0 Å². The van der Waals surface area contributed by atoms with Crippen LogP contribution in [0.1, 0.15) is 36.3 Å². The Labute approximate surface area is 180 Å². The molecule has 1 aromatic heterocycles.